The number of rotatable bonds is 2. The zero-order valence-electron chi connectivity index (χ0n) is 7.83. The van der Waals surface area contributed by atoms with Crippen molar-refractivity contribution in [1.29, 1.82) is 0 Å². The van der Waals surface area contributed by atoms with Crippen molar-refractivity contribution < 1.29 is 0 Å². The van der Waals surface area contributed by atoms with Crippen molar-refractivity contribution in [1.82, 2.24) is 15.0 Å². The molecule has 0 bridgehead atoms. The molecule has 2 aromatic rings. The van der Waals surface area contributed by atoms with Crippen LogP contribution in [0, 0.1) is 0 Å². The lowest BCUT2D eigenvalue weighted by atomic mass is 10.3. The topological polar surface area (TPSA) is 43.1 Å². The SMILES string of the molecule is CN=Cc1cn(-c2ccccc2)nn1. The van der Waals surface area contributed by atoms with Gasteiger partial charge in [0, 0.05) is 7.05 Å². The van der Waals surface area contributed by atoms with E-state index in [0.29, 0.717) is 0 Å². The standard InChI is InChI=1S/C10H10N4/c1-11-7-9-8-14(13-12-9)10-5-3-2-4-6-10/h2-8H,1H3. The van der Waals surface area contributed by atoms with E-state index in [2.05, 4.69) is 15.3 Å². The first kappa shape index (κ1) is 8.62. The molecular weight excluding hydrogens is 176 g/mol. The molecule has 0 atom stereocenters. The van der Waals surface area contributed by atoms with Gasteiger partial charge >= 0.3 is 0 Å². The quantitative estimate of drug-likeness (QED) is 0.664. The van der Waals surface area contributed by atoms with Gasteiger partial charge in [-0.15, -0.1) is 5.10 Å². The van der Waals surface area contributed by atoms with E-state index in [1.807, 2.05) is 36.5 Å². The zero-order valence-corrected chi connectivity index (χ0v) is 7.83. The van der Waals surface area contributed by atoms with Crippen molar-refractivity contribution >= 4 is 6.21 Å². The fourth-order valence-electron chi connectivity index (χ4n) is 1.18. The molecule has 70 valence electrons. The van der Waals surface area contributed by atoms with Gasteiger partial charge in [0.05, 0.1) is 18.1 Å². The van der Waals surface area contributed by atoms with Gasteiger partial charge in [-0.2, -0.15) is 0 Å². The minimum Gasteiger partial charge on any atom is -0.294 e. The van der Waals surface area contributed by atoms with Crippen LogP contribution >= 0.6 is 0 Å². The average Bonchev–Trinajstić information content (AvgIpc) is 2.68. The predicted molar refractivity (Wildman–Crippen MR) is 54.9 cm³/mol. The monoisotopic (exact) mass is 186 g/mol. The van der Waals surface area contributed by atoms with Gasteiger partial charge in [0.15, 0.2) is 0 Å². The summed E-state index contributed by atoms with van der Waals surface area (Å²) in [4.78, 5) is 3.87. The van der Waals surface area contributed by atoms with Crippen LogP contribution in [0.4, 0.5) is 0 Å². The molecule has 4 heteroatoms. The van der Waals surface area contributed by atoms with E-state index < -0.39 is 0 Å². The Hall–Kier alpha value is -1.97. The van der Waals surface area contributed by atoms with E-state index in [0.717, 1.165) is 11.4 Å². The summed E-state index contributed by atoms with van der Waals surface area (Å²) in [6.07, 6.45) is 3.51. The highest BCUT2D eigenvalue weighted by molar-refractivity contribution is 5.76. The van der Waals surface area contributed by atoms with Crippen LogP contribution in [0.2, 0.25) is 0 Å². The zero-order chi connectivity index (χ0) is 9.80. The van der Waals surface area contributed by atoms with Crippen molar-refractivity contribution in [2.75, 3.05) is 7.05 Å². The molecule has 0 saturated heterocycles. The first-order chi connectivity index (χ1) is 6.90. The summed E-state index contributed by atoms with van der Waals surface area (Å²) in [6.45, 7) is 0. The molecule has 0 unspecified atom stereocenters. The fourth-order valence-corrected chi connectivity index (χ4v) is 1.18. The molecule has 0 amide bonds. The lowest BCUT2D eigenvalue weighted by Crippen LogP contribution is -1.93. The predicted octanol–water partition coefficient (Wildman–Crippen LogP) is 1.32. The highest BCUT2D eigenvalue weighted by atomic mass is 15.4. The molecule has 0 radical (unpaired) electrons. The second kappa shape index (κ2) is 3.83. The van der Waals surface area contributed by atoms with Crippen LogP contribution in [-0.4, -0.2) is 28.3 Å². The summed E-state index contributed by atoms with van der Waals surface area (Å²) in [7, 11) is 1.71. The summed E-state index contributed by atoms with van der Waals surface area (Å²) >= 11 is 0. The maximum atomic E-state index is 3.98. The van der Waals surface area contributed by atoms with E-state index in [1.165, 1.54) is 0 Å². The minimum absolute atomic E-state index is 0.761. The Morgan fingerprint density at radius 3 is 2.79 bits per heavy atom. The number of benzene rings is 1. The first-order valence-electron chi connectivity index (χ1n) is 4.30. The third-order valence-corrected chi connectivity index (χ3v) is 1.79. The molecule has 0 aliphatic heterocycles. The van der Waals surface area contributed by atoms with Crippen LogP contribution in [0.5, 0.6) is 0 Å². The van der Waals surface area contributed by atoms with Crippen LogP contribution in [0.1, 0.15) is 5.69 Å². The van der Waals surface area contributed by atoms with Gasteiger partial charge in [-0.1, -0.05) is 23.4 Å². The second-order valence-corrected chi connectivity index (χ2v) is 2.81. The Morgan fingerprint density at radius 1 is 1.29 bits per heavy atom. The Morgan fingerprint density at radius 2 is 2.07 bits per heavy atom. The van der Waals surface area contributed by atoms with E-state index in [1.54, 1.807) is 17.9 Å². The average molecular weight is 186 g/mol. The van der Waals surface area contributed by atoms with Crippen LogP contribution in [-0.2, 0) is 0 Å². The number of nitrogens with zero attached hydrogens (tertiary/aromatic N) is 4. The van der Waals surface area contributed by atoms with Crippen LogP contribution < -0.4 is 0 Å². The summed E-state index contributed by atoms with van der Waals surface area (Å²) in [5.74, 6) is 0. The third-order valence-electron chi connectivity index (χ3n) is 1.79. The molecule has 1 heterocycles. The molecule has 14 heavy (non-hydrogen) atoms. The van der Waals surface area contributed by atoms with Gasteiger partial charge in [-0.05, 0) is 12.1 Å². The van der Waals surface area contributed by atoms with Crippen LogP contribution in [0.3, 0.4) is 0 Å². The maximum absolute atomic E-state index is 3.98. The van der Waals surface area contributed by atoms with Gasteiger partial charge in [0.25, 0.3) is 0 Å². The number of hydrogen-bond acceptors (Lipinski definition) is 3. The smallest absolute Gasteiger partial charge is 0.124 e. The van der Waals surface area contributed by atoms with Crippen molar-refractivity contribution in [2.45, 2.75) is 0 Å². The number of aliphatic imine (C=N–C) groups is 1. The summed E-state index contributed by atoms with van der Waals surface area (Å²) in [6, 6.07) is 9.84. The molecule has 1 aromatic carbocycles. The van der Waals surface area contributed by atoms with E-state index >= 15 is 0 Å². The van der Waals surface area contributed by atoms with Gasteiger partial charge in [-0.25, -0.2) is 4.68 Å². The Kier molecular flexibility index (Phi) is 2.36. The Balaban J connectivity index is 2.34. The third kappa shape index (κ3) is 1.69. The van der Waals surface area contributed by atoms with Crippen LogP contribution in [0.15, 0.2) is 41.5 Å². The Bertz CT molecular complexity index is 430. The maximum Gasteiger partial charge on any atom is 0.124 e. The summed E-state index contributed by atoms with van der Waals surface area (Å²) in [5.41, 5.74) is 1.76. The molecule has 0 aliphatic rings. The molecule has 0 aliphatic carbocycles. The first-order valence-corrected chi connectivity index (χ1v) is 4.30. The van der Waals surface area contributed by atoms with Crippen molar-refractivity contribution in [3.8, 4) is 5.69 Å². The number of hydrogen-bond donors (Lipinski definition) is 0. The van der Waals surface area contributed by atoms with Gasteiger partial charge in [0.1, 0.15) is 5.69 Å². The molecule has 0 N–H and O–H groups in total. The second-order valence-electron chi connectivity index (χ2n) is 2.81. The fraction of sp³-hybridized carbons (Fsp3) is 0.100. The molecule has 4 nitrogen and oxygen atoms in total. The minimum atomic E-state index is 0.761. The molecule has 0 spiro atoms. The Labute approximate surface area is 81.9 Å². The molecule has 0 fully saturated rings. The number of para-hydroxylation sites is 1. The molecule has 1 aromatic heterocycles. The van der Waals surface area contributed by atoms with Crippen molar-refractivity contribution in [3.05, 3.63) is 42.2 Å². The largest absolute Gasteiger partial charge is 0.294 e. The lowest BCUT2D eigenvalue weighted by Gasteiger charge is -1.96. The van der Waals surface area contributed by atoms with Gasteiger partial charge in [0.2, 0.25) is 0 Å². The summed E-state index contributed by atoms with van der Waals surface area (Å²) in [5, 5.41) is 7.93. The normalized spacial score (nSPS) is 10.9. The van der Waals surface area contributed by atoms with E-state index in [4.69, 9.17) is 0 Å². The number of aromatic nitrogens is 3. The van der Waals surface area contributed by atoms with Crippen molar-refractivity contribution in [3.63, 3.8) is 0 Å². The molecule has 0 saturated carbocycles. The van der Waals surface area contributed by atoms with Crippen LogP contribution in [0.25, 0.3) is 5.69 Å². The molecule has 2 rings (SSSR count). The van der Waals surface area contributed by atoms with Crippen molar-refractivity contribution in [2.24, 2.45) is 4.99 Å². The molecular formula is C10H10N4. The van der Waals surface area contributed by atoms with Gasteiger partial charge < -0.3 is 0 Å². The lowest BCUT2D eigenvalue weighted by molar-refractivity contribution is 0.803. The highest BCUT2D eigenvalue weighted by Crippen LogP contribution is 2.04. The van der Waals surface area contributed by atoms with Gasteiger partial charge in [-0.3, -0.25) is 4.99 Å². The van der Waals surface area contributed by atoms with E-state index in [-0.39, 0.29) is 0 Å². The highest BCUT2D eigenvalue weighted by Gasteiger charge is 1.98. The van der Waals surface area contributed by atoms with E-state index in [9.17, 15) is 0 Å². The summed E-state index contributed by atoms with van der Waals surface area (Å²) < 4.78 is 1.72.